The highest BCUT2D eigenvalue weighted by atomic mass is 19.4. The molecule has 1 aromatic rings. The van der Waals surface area contributed by atoms with Crippen LogP contribution < -0.4 is 10.3 Å². The average Bonchev–Trinajstić information content (AvgIpc) is 2.30. The smallest absolute Gasteiger partial charge is 0.462 e. The van der Waals surface area contributed by atoms with E-state index in [1.807, 2.05) is 4.98 Å². The third-order valence-corrected chi connectivity index (χ3v) is 1.90. The number of carbonyl (C=O) groups excluding carboxylic acids is 1. The number of pyridine rings is 1. The number of ether oxygens (including phenoxy) is 2. The summed E-state index contributed by atoms with van der Waals surface area (Å²) in [6.45, 7) is 0.140. The quantitative estimate of drug-likeness (QED) is 0.677. The van der Waals surface area contributed by atoms with E-state index in [0.29, 0.717) is 0 Å². The number of esters is 1. The third-order valence-electron chi connectivity index (χ3n) is 1.90. The fourth-order valence-corrected chi connectivity index (χ4v) is 1.25. The van der Waals surface area contributed by atoms with Crippen LogP contribution in [-0.2, 0) is 11.4 Å². The minimum absolute atomic E-state index is 0.123. The second-order valence-corrected chi connectivity index (χ2v) is 3.27. The maximum atomic E-state index is 12.4. The molecular formula is C10H9F4NO4. The highest BCUT2D eigenvalue weighted by Gasteiger charge is 2.35. The van der Waals surface area contributed by atoms with Crippen LogP contribution in [0, 0.1) is 0 Å². The van der Waals surface area contributed by atoms with Gasteiger partial charge < -0.3 is 14.5 Å². The van der Waals surface area contributed by atoms with Crippen molar-refractivity contribution >= 4 is 5.97 Å². The molecule has 19 heavy (non-hydrogen) atoms. The van der Waals surface area contributed by atoms with Crippen LogP contribution in [0.25, 0.3) is 0 Å². The zero-order valence-electron chi connectivity index (χ0n) is 9.64. The first-order valence-electron chi connectivity index (χ1n) is 5.03. The first-order chi connectivity index (χ1) is 8.78. The number of hydrogen-bond acceptors (Lipinski definition) is 4. The van der Waals surface area contributed by atoms with Crippen molar-refractivity contribution in [2.75, 3.05) is 6.61 Å². The van der Waals surface area contributed by atoms with E-state index in [0.717, 1.165) is 6.07 Å². The summed E-state index contributed by atoms with van der Waals surface area (Å²) < 4.78 is 56.8. The first-order valence-corrected chi connectivity index (χ1v) is 5.03. The summed E-state index contributed by atoms with van der Waals surface area (Å²) in [4.78, 5) is 24.6. The van der Waals surface area contributed by atoms with Crippen molar-refractivity contribution in [3.05, 3.63) is 27.7 Å². The molecule has 0 aliphatic heterocycles. The highest BCUT2D eigenvalue weighted by molar-refractivity contribution is 5.92. The monoisotopic (exact) mass is 283 g/mol. The van der Waals surface area contributed by atoms with Gasteiger partial charge in [-0.1, -0.05) is 0 Å². The summed E-state index contributed by atoms with van der Waals surface area (Å²) >= 11 is 0. The van der Waals surface area contributed by atoms with Gasteiger partial charge in [0.1, 0.15) is 12.2 Å². The molecule has 5 nitrogen and oxygen atoms in total. The molecule has 0 unspecified atom stereocenters. The van der Waals surface area contributed by atoms with Crippen molar-refractivity contribution in [1.29, 1.82) is 0 Å². The van der Waals surface area contributed by atoms with Gasteiger partial charge in [-0.2, -0.15) is 0 Å². The molecule has 1 rings (SSSR count). The predicted molar refractivity (Wildman–Crippen MR) is 54.5 cm³/mol. The summed E-state index contributed by atoms with van der Waals surface area (Å²) in [5, 5.41) is 0. The molecule has 0 fully saturated rings. The zero-order valence-corrected chi connectivity index (χ0v) is 9.64. The van der Waals surface area contributed by atoms with E-state index in [1.54, 1.807) is 0 Å². The molecule has 0 bridgehead atoms. The van der Waals surface area contributed by atoms with Gasteiger partial charge in [0.15, 0.2) is 0 Å². The van der Waals surface area contributed by atoms with Crippen LogP contribution in [0.4, 0.5) is 17.6 Å². The number of carbonyl (C=O) groups is 1. The number of aromatic nitrogens is 1. The van der Waals surface area contributed by atoms with Crippen molar-refractivity contribution in [2.24, 2.45) is 0 Å². The third kappa shape index (κ3) is 3.97. The Labute approximate surface area is 104 Å². The number of alkyl halides is 4. The lowest BCUT2D eigenvalue weighted by molar-refractivity contribution is -0.275. The number of halogens is 4. The molecule has 0 aromatic carbocycles. The summed E-state index contributed by atoms with van der Waals surface area (Å²) in [5.41, 5.74) is -2.51. The Kier molecular flexibility index (Phi) is 4.52. The van der Waals surface area contributed by atoms with Gasteiger partial charge in [0.2, 0.25) is 5.75 Å². The Bertz CT molecular complexity index is 523. The van der Waals surface area contributed by atoms with Crippen LogP contribution in [-0.4, -0.2) is 23.9 Å². The SMILES string of the molecule is CCOC(=O)c1cc(CF)[nH]c(=O)c1OC(F)(F)F. The van der Waals surface area contributed by atoms with Crippen LogP contribution in [0.1, 0.15) is 23.0 Å². The molecule has 1 aromatic heterocycles. The van der Waals surface area contributed by atoms with Gasteiger partial charge >= 0.3 is 12.3 Å². The maximum Gasteiger partial charge on any atom is 0.573 e. The van der Waals surface area contributed by atoms with Crippen LogP contribution in [0.3, 0.4) is 0 Å². The number of rotatable bonds is 4. The van der Waals surface area contributed by atoms with Gasteiger partial charge in [-0.15, -0.1) is 13.2 Å². The fourth-order valence-electron chi connectivity index (χ4n) is 1.25. The molecule has 0 atom stereocenters. The lowest BCUT2D eigenvalue weighted by Gasteiger charge is -2.12. The molecule has 1 heterocycles. The van der Waals surface area contributed by atoms with E-state index in [2.05, 4.69) is 9.47 Å². The minimum Gasteiger partial charge on any atom is -0.462 e. The highest BCUT2D eigenvalue weighted by Crippen LogP contribution is 2.24. The van der Waals surface area contributed by atoms with Gasteiger partial charge in [0, 0.05) is 0 Å². The average molecular weight is 283 g/mol. The molecule has 0 saturated carbocycles. The molecule has 0 spiro atoms. The Morgan fingerprint density at radius 2 is 2.05 bits per heavy atom. The number of nitrogens with one attached hydrogen (secondary N) is 1. The normalized spacial score (nSPS) is 11.2. The summed E-state index contributed by atoms with van der Waals surface area (Å²) in [6, 6.07) is 0.737. The summed E-state index contributed by atoms with van der Waals surface area (Å²) in [5.74, 6) is -2.48. The fraction of sp³-hybridized carbons (Fsp3) is 0.400. The van der Waals surface area contributed by atoms with Crippen molar-refractivity contribution in [2.45, 2.75) is 20.0 Å². The van der Waals surface area contributed by atoms with Crippen LogP contribution in [0.2, 0.25) is 0 Å². The molecule has 0 radical (unpaired) electrons. The summed E-state index contributed by atoms with van der Waals surface area (Å²) in [6.07, 6.45) is -5.16. The van der Waals surface area contributed by atoms with Crippen molar-refractivity contribution in [1.82, 2.24) is 4.98 Å². The topological polar surface area (TPSA) is 68.4 Å². The van der Waals surface area contributed by atoms with Gasteiger partial charge in [-0.05, 0) is 13.0 Å². The van der Waals surface area contributed by atoms with Crippen LogP contribution in [0.15, 0.2) is 10.9 Å². The van der Waals surface area contributed by atoms with E-state index in [-0.39, 0.29) is 12.3 Å². The zero-order chi connectivity index (χ0) is 14.6. The molecule has 106 valence electrons. The Hall–Kier alpha value is -2.06. The van der Waals surface area contributed by atoms with Crippen LogP contribution in [0.5, 0.6) is 5.75 Å². The molecule has 1 N–H and O–H groups in total. The second kappa shape index (κ2) is 5.72. The van der Waals surface area contributed by atoms with E-state index in [1.165, 1.54) is 6.92 Å². The lowest BCUT2D eigenvalue weighted by atomic mass is 10.2. The van der Waals surface area contributed by atoms with Gasteiger partial charge in [0.25, 0.3) is 5.56 Å². The largest absolute Gasteiger partial charge is 0.573 e. The van der Waals surface area contributed by atoms with Gasteiger partial charge in [0.05, 0.1) is 12.3 Å². The maximum absolute atomic E-state index is 12.4. The second-order valence-electron chi connectivity index (χ2n) is 3.27. The Morgan fingerprint density at radius 3 is 2.53 bits per heavy atom. The lowest BCUT2D eigenvalue weighted by Crippen LogP contribution is -2.26. The standard InChI is InChI=1S/C10H9F4NO4/c1-2-18-9(17)6-3-5(4-11)15-8(16)7(6)19-10(12,13)14/h3H,2,4H2,1H3,(H,15,16). The number of H-pyrrole nitrogens is 1. The van der Waals surface area contributed by atoms with Crippen molar-refractivity contribution < 1.29 is 31.8 Å². The number of aromatic amines is 1. The predicted octanol–water partition coefficient (Wildman–Crippen LogP) is 1.92. The molecule has 0 saturated heterocycles. The van der Waals surface area contributed by atoms with Crippen molar-refractivity contribution in [3.63, 3.8) is 0 Å². The first kappa shape index (κ1) is 15.0. The van der Waals surface area contributed by atoms with Gasteiger partial charge in [-0.25, -0.2) is 9.18 Å². The summed E-state index contributed by atoms with van der Waals surface area (Å²) in [7, 11) is 0. The van der Waals surface area contributed by atoms with Gasteiger partial charge in [-0.3, -0.25) is 4.79 Å². The molecule has 0 amide bonds. The van der Waals surface area contributed by atoms with Crippen LogP contribution >= 0.6 is 0 Å². The minimum atomic E-state index is -5.16. The van der Waals surface area contributed by atoms with E-state index in [4.69, 9.17) is 0 Å². The Balaban J connectivity index is 3.34. The molecule has 9 heteroatoms. The Morgan fingerprint density at radius 1 is 1.42 bits per heavy atom. The molecular weight excluding hydrogens is 274 g/mol. The molecule has 0 aliphatic carbocycles. The van der Waals surface area contributed by atoms with E-state index in [9.17, 15) is 27.2 Å². The molecule has 0 aliphatic rings. The van der Waals surface area contributed by atoms with E-state index >= 15 is 0 Å². The van der Waals surface area contributed by atoms with Crippen molar-refractivity contribution in [3.8, 4) is 5.75 Å². The number of hydrogen-bond donors (Lipinski definition) is 1. The van der Waals surface area contributed by atoms with E-state index < -0.39 is 35.9 Å².